The predicted molar refractivity (Wildman–Crippen MR) is 210 cm³/mol. The van der Waals surface area contributed by atoms with Crippen molar-refractivity contribution >= 4 is 91.0 Å². The van der Waals surface area contributed by atoms with Crippen molar-refractivity contribution in [3.8, 4) is 0 Å². The van der Waals surface area contributed by atoms with E-state index in [1.54, 1.807) is 6.92 Å². The Morgan fingerprint density at radius 1 is 0.941 bits per heavy atom. The number of thioether (sulfide) groups is 2. The third-order valence-electron chi connectivity index (χ3n) is 8.19. The number of aliphatic hydroxyl groups excluding tert-OH is 1. The van der Waals surface area contributed by atoms with Crippen molar-refractivity contribution in [2.45, 2.75) is 31.9 Å². The topological polar surface area (TPSA) is 139 Å². The Hall–Kier alpha value is -4.26. The molecule has 10 nitrogen and oxygen atoms in total. The van der Waals surface area contributed by atoms with Crippen molar-refractivity contribution in [2.24, 2.45) is 5.92 Å². The molecule has 264 valence electrons. The zero-order chi connectivity index (χ0) is 36.5. The quantitative estimate of drug-likeness (QED) is 0.0371. The number of nitro benzene ring substituents is 1. The number of aliphatic hydroxyl groups is 1. The summed E-state index contributed by atoms with van der Waals surface area (Å²) >= 11 is 8.29. The van der Waals surface area contributed by atoms with E-state index in [9.17, 15) is 29.6 Å². The van der Waals surface area contributed by atoms with E-state index in [0.29, 0.717) is 21.4 Å². The summed E-state index contributed by atoms with van der Waals surface area (Å²) in [7, 11) is 0. The van der Waals surface area contributed by atoms with E-state index >= 15 is 0 Å². The summed E-state index contributed by atoms with van der Waals surface area (Å²) in [6.45, 7) is -0.0729. The van der Waals surface area contributed by atoms with Gasteiger partial charge in [-0.1, -0.05) is 115 Å². The van der Waals surface area contributed by atoms with Crippen LogP contribution >= 0.6 is 42.6 Å². The number of nitrogens with one attached hydrogen (secondary N) is 1. The van der Waals surface area contributed by atoms with Crippen molar-refractivity contribution in [1.29, 1.82) is 0 Å². The van der Waals surface area contributed by atoms with Gasteiger partial charge in [0.2, 0.25) is 11.8 Å². The van der Waals surface area contributed by atoms with Crippen LogP contribution in [0.5, 0.6) is 0 Å². The number of ether oxygens (including phenoxy) is 1. The van der Waals surface area contributed by atoms with E-state index < -0.39 is 41.1 Å². The van der Waals surface area contributed by atoms with Crippen molar-refractivity contribution in [3.63, 3.8) is 0 Å². The standard InChI is InChI=1S/C37H36N3O7PS3/c1-25(41)32-33(43)39(35(32)51-37(49)50-23-22-38-26(2)42)34(36(44)47-24-27-18-20-28(21-19-27)40(45)46)48(29-12-6-3-7-13-29,30-14-8-4-9-15-30)31-16-10-5-11-17-31/h3-21,25,32,35,41H,22-24H2,1-2H3,(H,38,42). The number of hydrogen-bond acceptors (Lipinski definition) is 10. The highest BCUT2D eigenvalue weighted by molar-refractivity contribution is 8.47. The average molecular weight is 762 g/mol. The molecule has 0 aliphatic carbocycles. The second-order valence-electron chi connectivity index (χ2n) is 11.6. The zero-order valence-corrected chi connectivity index (χ0v) is 31.1. The molecular weight excluding hydrogens is 726 g/mol. The molecule has 14 heteroatoms. The van der Waals surface area contributed by atoms with Crippen molar-refractivity contribution in [3.05, 3.63) is 131 Å². The second-order valence-corrected chi connectivity index (χ2v) is 18.3. The first-order valence-electron chi connectivity index (χ1n) is 16.0. The molecule has 0 saturated carbocycles. The molecule has 1 heterocycles. The van der Waals surface area contributed by atoms with E-state index in [2.05, 4.69) is 5.32 Å². The Morgan fingerprint density at radius 3 is 1.90 bits per heavy atom. The van der Waals surface area contributed by atoms with Crippen LogP contribution in [0.3, 0.4) is 0 Å². The fraction of sp³-hybridized carbons (Fsp3) is 0.216. The second kappa shape index (κ2) is 17.3. The molecule has 3 atom stereocenters. The summed E-state index contributed by atoms with van der Waals surface area (Å²) in [5, 5.41) is 26.5. The summed E-state index contributed by atoms with van der Waals surface area (Å²) in [6, 6.07) is 34.4. The summed E-state index contributed by atoms with van der Waals surface area (Å²) in [5.74, 6) is -1.72. The average Bonchev–Trinajstić information content (AvgIpc) is 3.13. The first-order chi connectivity index (χ1) is 24.5. The maximum Gasteiger partial charge on any atom is 0.356 e. The van der Waals surface area contributed by atoms with Crippen LogP contribution in [0.15, 0.2) is 115 Å². The fourth-order valence-corrected chi connectivity index (χ4v) is 13.1. The molecule has 51 heavy (non-hydrogen) atoms. The molecule has 1 aliphatic heterocycles. The van der Waals surface area contributed by atoms with Gasteiger partial charge in [-0.25, -0.2) is 4.79 Å². The Bertz CT molecular complexity index is 1840. The highest BCUT2D eigenvalue weighted by Gasteiger charge is 2.56. The Balaban J connectivity index is 1.73. The maximum absolute atomic E-state index is 14.9. The number of esters is 1. The van der Waals surface area contributed by atoms with Gasteiger partial charge in [0, 0.05) is 38.2 Å². The fourth-order valence-electron chi connectivity index (χ4n) is 5.87. The van der Waals surface area contributed by atoms with Crippen molar-refractivity contribution < 1.29 is 29.2 Å². The van der Waals surface area contributed by atoms with E-state index in [1.165, 1.54) is 59.6 Å². The molecule has 3 unspecified atom stereocenters. The monoisotopic (exact) mass is 761 g/mol. The SMILES string of the molecule is CC(=O)NCCSC(=S)SC1C(C(C)O)C(=O)N1C(C(=O)OCc1ccc([N+](=O)[O-])cc1)=P(c1ccccc1)(c1ccccc1)c1ccccc1. The molecule has 1 fully saturated rings. The van der Waals surface area contributed by atoms with Crippen LogP contribution in [0.25, 0.3) is 0 Å². The largest absolute Gasteiger partial charge is 0.456 e. The van der Waals surface area contributed by atoms with Crippen LogP contribution in [0, 0.1) is 16.0 Å². The lowest BCUT2D eigenvalue weighted by atomic mass is 9.93. The molecule has 0 spiro atoms. The van der Waals surface area contributed by atoms with Gasteiger partial charge >= 0.3 is 5.97 Å². The highest BCUT2D eigenvalue weighted by atomic mass is 32.2. The minimum absolute atomic E-state index is 0.0966. The lowest BCUT2D eigenvalue weighted by molar-refractivity contribution is -0.384. The number of non-ortho nitro benzene ring substituents is 1. The van der Waals surface area contributed by atoms with Crippen LogP contribution in [-0.4, -0.2) is 65.4 Å². The lowest BCUT2D eigenvalue weighted by Gasteiger charge is -2.50. The van der Waals surface area contributed by atoms with Gasteiger partial charge < -0.3 is 15.2 Å². The molecule has 0 aromatic heterocycles. The predicted octanol–water partition coefficient (Wildman–Crippen LogP) is 4.81. The number of rotatable bonds is 13. The Labute approximate surface area is 310 Å². The number of hydrogen-bond donors (Lipinski definition) is 2. The van der Waals surface area contributed by atoms with Crippen molar-refractivity contribution in [1.82, 2.24) is 10.2 Å². The molecule has 1 aliphatic rings. The third-order valence-corrected chi connectivity index (χ3v) is 15.3. The van der Waals surface area contributed by atoms with Gasteiger partial charge in [0.1, 0.15) is 20.9 Å². The molecule has 0 bridgehead atoms. The number of nitro groups is 1. The van der Waals surface area contributed by atoms with Crippen LogP contribution in [0.4, 0.5) is 5.69 Å². The first kappa shape index (κ1) is 38.0. The number of nitrogens with zero attached hydrogens (tertiary/aromatic N) is 2. The molecule has 0 radical (unpaired) electrons. The smallest absolute Gasteiger partial charge is 0.356 e. The molecule has 4 aromatic carbocycles. The highest BCUT2D eigenvalue weighted by Crippen LogP contribution is 2.51. The molecule has 1 saturated heterocycles. The summed E-state index contributed by atoms with van der Waals surface area (Å²) in [5.41, 5.74) is 0.551. The summed E-state index contributed by atoms with van der Waals surface area (Å²) in [4.78, 5) is 52.9. The first-order valence-corrected chi connectivity index (χ1v) is 20.0. The van der Waals surface area contributed by atoms with Gasteiger partial charge in [0.25, 0.3) is 5.69 Å². The van der Waals surface area contributed by atoms with E-state index in [1.807, 2.05) is 91.0 Å². The Morgan fingerprint density at radius 2 is 1.45 bits per heavy atom. The Kier molecular flexibility index (Phi) is 12.9. The van der Waals surface area contributed by atoms with E-state index in [0.717, 1.165) is 15.9 Å². The molecule has 2 amide bonds. The minimum atomic E-state index is -3.23. The minimum Gasteiger partial charge on any atom is -0.456 e. The van der Waals surface area contributed by atoms with Crippen molar-refractivity contribution in [2.75, 3.05) is 12.3 Å². The number of carbonyl (C=O) groups excluding carboxylic acids is 3. The van der Waals surface area contributed by atoms with Gasteiger partial charge in [-0.15, -0.1) is 11.8 Å². The summed E-state index contributed by atoms with van der Waals surface area (Å²) < 4.78 is 6.54. The number of benzene rings is 4. The van der Waals surface area contributed by atoms with Gasteiger partial charge in [-0.2, -0.15) is 0 Å². The number of likely N-dealkylation sites (tertiary alicyclic amines) is 1. The van der Waals surface area contributed by atoms with Crippen LogP contribution in [0.1, 0.15) is 19.4 Å². The van der Waals surface area contributed by atoms with Crippen LogP contribution < -0.4 is 21.2 Å². The summed E-state index contributed by atoms with van der Waals surface area (Å²) in [6.07, 6.45) is -1.05. The zero-order valence-electron chi connectivity index (χ0n) is 27.8. The van der Waals surface area contributed by atoms with Gasteiger partial charge in [0.05, 0.1) is 16.9 Å². The van der Waals surface area contributed by atoms with Gasteiger partial charge in [-0.3, -0.25) is 24.6 Å². The van der Waals surface area contributed by atoms with Crippen LogP contribution in [0.2, 0.25) is 0 Å². The van der Waals surface area contributed by atoms with E-state index in [4.69, 9.17) is 17.0 Å². The van der Waals surface area contributed by atoms with Gasteiger partial charge in [0.15, 0.2) is 0 Å². The van der Waals surface area contributed by atoms with Gasteiger partial charge in [-0.05, 0) is 40.5 Å². The van der Waals surface area contributed by atoms with Crippen LogP contribution in [-0.2, 0) is 25.7 Å². The number of carbonyl (C=O) groups is 3. The maximum atomic E-state index is 14.9. The third kappa shape index (κ3) is 8.45. The molecule has 2 N–H and O–H groups in total. The number of β-lactam (4-membered cyclic amide) rings is 1. The molecule has 5 rings (SSSR count). The van der Waals surface area contributed by atoms with E-state index in [-0.39, 0.29) is 23.6 Å². The normalized spacial score (nSPS) is 16.1. The number of thiocarbonyl (C=S) groups is 1. The molecule has 4 aromatic rings. The molecular formula is C37H36N3O7PS3. The lowest BCUT2D eigenvalue weighted by Crippen LogP contribution is -2.67. The number of amides is 2.